The average Bonchev–Trinajstić information content (AvgIpc) is 3.28. The largest absolute Gasteiger partial charge is 0.497 e. The number of ether oxygens (including phenoxy) is 1. The fourth-order valence-electron chi connectivity index (χ4n) is 4.02. The second-order valence-electron chi connectivity index (χ2n) is 7.41. The average molecular weight is 473 g/mol. The van der Waals surface area contributed by atoms with Crippen molar-refractivity contribution >= 4 is 61.8 Å². The zero-order chi connectivity index (χ0) is 21.7. The van der Waals surface area contributed by atoms with Crippen LogP contribution >= 0.6 is 34.7 Å². The molecule has 2 amide bonds. The smallest absolute Gasteiger partial charge is 0.289 e. The summed E-state index contributed by atoms with van der Waals surface area (Å²) < 4.78 is 5.28. The Hall–Kier alpha value is -2.42. The van der Waals surface area contributed by atoms with Crippen molar-refractivity contribution in [2.75, 3.05) is 12.9 Å². The van der Waals surface area contributed by atoms with E-state index >= 15 is 0 Å². The summed E-state index contributed by atoms with van der Waals surface area (Å²) in [4.78, 5) is 44.0. The highest BCUT2D eigenvalue weighted by Crippen LogP contribution is 2.45. The number of hydrogen-bond acceptors (Lipinski definition) is 7. The fourth-order valence-corrected chi connectivity index (χ4v) is 6.32. The summed E-state index contributed by atoms with van der Waals surface area (Å²) in [5, 5.41) is 1.09. The lowest BCUT2D eigenvalue weighted by molar-refractivity contribution is -0.125. The van der Waals surface area contributed by atoms with Crippen molar-refractivity contribution in [3.8, 4) is 16.9 Å². The summed E-state index contributed by atoms with van der Waals surface area (Å²) >= 11 is 9.37. The van der Waals surface area contributed by atoms with Gasteiger partial charge in [0.05, 0.1) is 30.1 Å². The van der Waals surface area contributed by atoms with Gasteiger partial charge in [0, 0.05) is 28.7 Å². The lowest BCUT2D eigenvalue weighted by Crippen LogP contribution is -2.28. The minimum Gasteiger partial charge on any atom is -0.497 e. The Morgan fingerprint density at radius 3 is 2.61 bits per heavy atom. The first-order valence-corrected chi connectivity index (χ1v) is 11.9. The Labute approximate surface area is 191 Å². The van der Waals surface area contributed by atoms with Gasteiger partial charge < -0.3 is 4.74 Å². The van der Waals surface area contributed by atoms with Crippen LogP contribution in [0.5, 0.6) is 5.75 Å². The summed E-state index contributed by atoms with van der Waals surface area (Å²) in [6.07, 6.45) is 1.58. The molecular weight excluding hydrogens is 456 g/mol. The molecule has 31 heavy (non-hydrogen) atoms. The number of aromatic nitrogens is 1. The molecule has 1 aromatic carbocycles. The van der Waals surface area contributed by atoms with Gasteiger partial charge in [-0.1, -0.05) is 35.5 Å². The van der Waals surface area contributed by atoms with Crippen LogP contribution in [0.3, 0.4) is 0 Å². The molecule has 0 bridgehead atoms. The SMILES string of the molecule is COc1ccc(-c2c(Cl)c(CN3C(=O)CSC3=O)nc3sc4c(c23)CCC(=O)C4)cc1. The van der Waals surface area contributed by atoms with E-state index in [1.54, 1.807) is 7.11 Å². The number of halogens is 1. The maximum atomic E-state index is 12.1. The normalized spacial score (nSPS) is 16.3. The third kappa shape index (κ3) is 3.52. The zero-order valence-corrected chi connectivity index (χ0v) is 19.0. The number of imide groups is 1. The minimum atomic E-state index is -0.287. The van der Waals surface area contributed by atoms with Crippen LogP contribution in [-0.4, -0.2) is 39.7 Å². The van der Waals surface area contributed by atoms with Gasteiger partial charge in [-0.2, -0.15) is 0 Å². The van der Waals surface area contributed by atoms with Crippen LogP contribution in [0.25, 0.3) is 21.3 Å². The Morgan fingerprint density at radius 1 is 1.16 bits per heavy atom. The van der Waals surface area contributed by atoms with Gasteiger partial charge in [-0.15, -0.1) is 11.3 Å². The summed E-state index contributed by atoms with van der Waals surface area (Å²) in [7, 11) is 1.61. The Balaban J connectivity index is 1.72. The van der Waals surface area contributed by atoms with Gasteiger partial charge in [0.15, 0.2) is 0 Å². The first-order valence-electron chi connectivity index (χ1n) is 9.72. The number of benzene rings is 1. The van der Waals surface area contributed by atoms with Crippen molar-refractivity contribution in [2.45, 2.75) is 25.8 Å². The molecule has 5 rings (SSSR count). The second kappa shape index (κ2) is 7.93. The van der Waals surface area contributed by atoms with E-state index in [-0.39, 0.29) is 29.2 Å². The van der Waals surface area contributed by atoms with Gasteiger partial charge in [0.25, 0.3) is 5.24 Å². The summed E-state index contributed by atoms with van der Waals surface area (Å²) in [6.45, 7) is 0.0318. The van der Waals surface area contributed by atoms with Crippen molar-refractivity contribution in [1.82, 2.24) is 9.88 Å². The molecule has 1 aliphatic carbocycles. The van der Waals surface area contributed by atoms with Gasteiger partial charge in [-0.25, -0.2) is 4.98 Å². The second-order valence-corrected chi connectivity index (χ2v) is 9.80. The van der Waals surface area contributed by atoms with Gasteiger partial charge >= 0.3 is 0 Å². The quantitative estimate of drug-likeness (QED) is 0.538. The predicted octanol–water partition coefficient (Wildman–Crippen LogP) is 4.88. The molecule has 1 fully saturated rings. The number of carbonyl (C=O) groups excluding carboxylic acids is 3. The minimum absolute atomic E-state index is 0.0318. The van der Waals surface area contributed by atoms with Crippen LogP contribution in [0, 0.1) is 0 Å². The lowest BCUT2D eigenvalue weighted by Gasteiger charge is -2.17. The standard InChI is InChI=1S/C22H17ClN2O4S2/c1-29-13-5-2-11(3-6-13)18-19-14-7-4-12(26)8-16(14)31-21(19)24-15(20(18)23)9-25-17(27)10-30-22(25)28/h2-3,5-6H,4,7-10H2,1H3. The van der Waals surface area contributed by atoms with Gasteiger partial charge in [-0.3, -0.25) is 19.3 Å². The molecule has 2 aliphatic rings. The van der Waals surface area contributed by atoms with Gasteiger partial charge in [0.2, 0.25) is 5.91 Å². The molecule has 0 saturated carbocycles. The van der Waals surface area contributed by atoms with E-state index in [1.165, 1.54) is 16.2 Å². The van der Waals surface area contributed by atoms with Crippen LogP contribution in [-0.2, 0) is 29.0 Å². The highest BCUT2D eigenvalue weighted by Gasteiger charge is 2.32. The monoisotopic (exact) mass is 472 g/mol. The van der Waals surface area contributed by atoms with E-state index in [1.807, 2.05) is 24.3 Å². The number of Topliss-reactive ketones (excluding diaryl/α,β-unsaturated/α-hetero) is 1. The number of ketones is 1. The summed E-state index contributed by atoms with van der Waals surface area (Å²) in [6, 6.07) is 7.60. The van der Waals surface area contributed by atoms with Crippen molar-refractivity contribution in [2.24, 2.45) is 0 Å². The molecule has 9 heteroatoms. The number of methoxy groups -OCH3 is 1. The number of amides is 2. The third-order valence-corrected chi connectivity index (χ3v) is 7.96. The number of pyridine rings is 1. The summed E-state index contributed by atoms with van der Waals surface area (Å²) in [5.41, 5.74) is 3.32. The van der Waals surface area contributed by atoms with Crippen LogP contribution in [0.1, 0.15) is 22.6 Å². The zero-order valence-electron chi connectivity index (χ0n) is 16.6. The van der Waals surface area contributed by atoms with Crippen molar-refractivity contribution in [1.29, 1.82) is 0 Å². The number of thioether (sulfide) groups is 1. The molecule has 3 heterocycles. The van der Waals surface area contributed by atoms with E-state index in [0.717, 1.165) is 49.3 Å². The Kier molecular flexibility index (Phi) is 5.24. The van der Waals surface area contributed by atoms with Crippen molar-refractivity contribution in [3.63, 3.8) is 0 Å². The first-order chi connectivity index (χ1) is 15.0. The third-order valence-electron chi connectivity index (χ3n) is 5.57. The number of thiophene rings is 1. The maximum absolute atomic E-state index is 12.1. The molecule has 6 nitrogen and oxygen atoms in total. The maximum Gasteiger partial charge on any atom is 0.289 e. The van der Waals surface area contributed by atoms with E-state index in [2.05, 4.69) is 0 Å². The van der Waals surface area contributed by atoms with Gasteiger partial charge in [-0.05, 0) is 29.7 Å². The molecule has 0 radical (unpaired) electrons. The van der Waals surface area contributed by atoms with Crippen LogP contribution in [0.15, 0.2) is 24.3 Å². The molecule has 0 spiro atoms. The van der Waals surface area contributed by atoms with Crippen LogP contribution in [0.4, 0.5) is 4.79 Å². The number of carbonyl (C=O) groups is 3. The van der Waals surface area contributed by atoms with E-state index < -0.39 is 0 Å². The van der Waals surface area contributed by atoms with Crippen molar-refractivity contribution in [3.05, 3.63) is 45.4 Å². The Bertz CT molecular complexity index is 1240. The number of hydrogen-bond donors (Lipinski definition) is 0. The summed E-state index contributed by atoms with van der Waals surface area (Å²) in [5.74, 6) is 0.852. The molecule has 3 aromatic rings. The van der Waals surface area contributed by atoms with Gasteiger partial charge in [0.1, 0.15) is 16.4 Å². The van der Waals surface area contributed by atoms with Crippen LogP contribution < -0.4 is 4.74 Å². The van der Waals surface area contributed by atoms with E-state index in [4.69, 9.17) is 21.3 Å². The topological polar surface area (TPSA) is 76.6 Å². The number of nitrogens with zero attached hydrogens (tertiary/aromatic N) is 2. The van der Waals surface area contributed by atoms with Crippen molar-refractivity contribution < 1.29 is 19.1 Å². The first kappa shape index (κ1) is 20.5. The Morgan fingerprint density at radius 2 is 1.94 bits per heavy atom. The number of rotatable bonds is 4. The molecule has 158 valence electrons. The van der Waals surface area contributed by atoms with E-state index in [9.17, 15) is 14.4 Å². The highest BCUT2D eigenvalue weighted by molar-refractivity contribution is 8.14. The molecule has 0 N–H and O–H groups in total. The molecular formula is C22H17ClN2O4S2. The predicted molar refractivity (Wildman–Crippen MR) is 122 cm³/mol. The fraction of sp³-hybridized carbons (Fsp3) is 0.273. The molecule has 1 aliphatic heterocycles. The number of aryl methyl sites for hydroxylation is 1. The highest BCUT2D eigenvalue weighted by atomic mass is 35.5. The molecule has 2 aromatic heterocycles. The molecule has 0 unspecified atom stereocenters. The number of fused-ring (bicyclic) bond motifs is 3. The van der Waals surface area contributed by atoms with Crippen LogP contribution in [0.2, 0.25) is 5.02 Å². The lowest BCUT2D eigenvalue weighted by atomic mass is 9.92. The van der Waals surface area contributed by atoms with E-state index in [0.29, 0.717) is 30.0 Å². The molecule has 1 saturated heterocycles. The molecule has 0 atom stereocenters.